The van der Waals surface area contributed by atoms with Crippen LogP contribution in [0.25, 0.3) is 0 Å². The molecule has 3 aromatic rings. The summed E-state index contributed by atoms with van der Waals surface area (Å²) < 4.78 is 0. The number of carbonyl (C=O) groups excluding carboxylic acids is 10. The average molecular weight is 1290 g/mol. The van der Waals surface area contributed by atoms with Crippen molar-refractivity contribution in [2.24, 2.45) is 17.4 Å². The minimum atomic E-state index is -1.91. The number of rotatable bonds is 33. The number of aromatic hydroxyl groups is 3. The Hall–Kier alpha value is -8.48. The molecule has 490 valence electrons. The van der Waals surface area contributed by atoms with Gasteiger partial charge in [-0.15, -0.1) is 0 Å². The molecule has 0 radical (unpaired) electrons. The molecule has 0 bridgehead atoms. The van der Waals surface area contributed by atoms with E-state index >= 15 is 0 Å². The highest BCUT2D eigenvalue weighted by Crippen LogP contribution is 2.25. The molecule has 5 rings (SSSR count). The van der Waals surface area contributed by atoms with Crippen molar-refractivity contribution >= 4 is 92.5 Å². The number of aliphatic carboxylic acids is 2. The van der Waals surface area contributed by atoms with Gasteiger partial charge in [0.15, 0.2) is 5.78 Å². The molecular formula is C60H81N11O17S2. The van der Waals surface area contributed by atoms with Gasteiger partial charge in [0.25, 0.3) is 0 Å². The summed E-state index contributed by atoms with van der Waals surface area (Å²) in [7, 11) is 2.76. The van der Waals surface area contributed by atoms with Crippen LogP contribution in [0.3, 0.4) is 0 Å². The number of hydrogen-bond acceptors (Lipinski definition) is 19. The standard InChI is InChI=1S/C60H81N11O17S2/c1-31(2)51(60(88)71-23-7-9-48(71)58(86)67-44(27-49(76)77)55(83)64-42(53(81)63-33(4)34(5)72)24-35-10-16-38(73)17-11-35)69-56(84)45(28-50(78)79)65-54(82)43(25-36-12-18-39(74)19-13-36)66-57(85)47-8-6-22-70(47)59(87)46(26-37-14-20-40(75)21-15-37)68-52(80)41(62)30-90-89-29-32(3)61/h10-21,31-33,41-48,51,73-75H,6-9,22-30,61-62H2,1-5H3,(H,63,81)(H,64,83)(H,65,82)(H,66,85)(H,67,86)(H,68,80)(H,69,84)(H,76,77)(H,78,79)/t32-,33?,41?,42?,43?,44?,45?,46?,47?,48?,51?/m1/s1. The predicted octanol–water partition coefficient (Wildman–Crippen LogP) is -0.523. The molecule has 10 unspecified atom stereocenters. The van der Waals surface area contributed by atoms with Crippen LogP contribution in [0.2, 0.25) is 0 Å². The number of phenols is 3. The second-order valence-corrected chi connectivity index (χ2v) is 25.3. The van der Waals surface area contributed by atoms with E-state index in [1.807, 2.05) is 6.92 Å². The number of ketones is 1. The van der Waals surface area contributed by atoms with Crippen LogP contribution >= 0.6 is 21.6 Å². The van der Waals surface area contributed by atoms with Crippen molar-refractivity contribution in [3.8, 4) is 17.2 Å². The van der Waals surface area contributed by atoms with Gasteiger partial charge in [0.05, 0.1) is 24.9 Å². The van der Waals surface area contributed by atoms with Gasteiger partial charge >= 0.3 is 11.9 Å². The van der Waals surface area contributed by atoms with Crippen LogP contribution in [0.5, 0.6) is 17.2 Å². The van der Waals surface area contributed by atoms with Crippen molar-refractivity contribution in [1.82, 2.24) is 47.0 Å². The van der Waals surface area contributed by atoms with Gasteiger partial charge in [-0.05, 0) is 105 Å². The van der Waals surface area contributed by atoms with Crippen LogP contribution in [-0.2, 0) is 76.8 Å². The maximum atomic E-state index is 14.6. The summed E-state index contributed by atoms with van der Waals surface area (Å²) >= 11 is 0. The van der Waals surface area contributed by atoms with Gasteiger partial charge in [0.1, 0.15) is 65.6 Å². The lowest BCUT2D eigenvalue weighted by Crippen LogP contribution is -2.61. The van der Waals surface area contributed by atoms with Gasteiger partial charge in [-0.1, -0.05) is 71.8 Å². The number of amides is 9. The summed E-state index contributed by atoms with van der Waals surface area (Å²) in [4.78, 5) is 166. The number of phenolic OH excluding ortho intramolecular Hbond substituents is 3. The Labute approximate surface area is 527 Å². The maximum absolute atomic E-state index is 14.6. The molecule has 0 saturated carbocycles. The quantitative estimate of drug-likeness (QED) is 0.0269. The summed E-state index contributed by atoms with van der Waals surface area (Å²) in [5.41, 5.74) is 13.5. The highest BCUT2D eigenvalue weighted by atomic mass is 33.1. The molecule has 9 amide bonds. The van der Waals surface area contributed by atoms with E-state index in [-0.39, 0.29) is 80.7 Å². The first-order valence-corrected chi connectivity index (χ1v) is 31.8. The van der Waals surface area contributed by atoms with Gasteiger partial charge in [0, 0.05) is 49.9 Å². The molecule has 30 heteroatoms. The first-order valence-electron chi connectivity index (χ1n) is 29.3. The summed E-state index contributed by atoms with van der Waals surface area (Å²) in [5, 5.41) is 67.4. The Morgan fingerprint density at radius 1 is 0.489 bits per heavy atom. The fourth-order valence-electron chi connectivity index (χ4n) is 9.87. The molecule has 0 aromatic heterocycles. The van der Waals surface area contributed by atoms with Crippen molar-refractivity contribution < 1.29 is 83.1 Å². The Morgan fingerprint density at radius 2 is 0.856 bits per heavy atom. The summed E-state index contributed by atoms with van der Waals surface area (Å²) in [6, 6.07) is 2.94. The Bertz CT molecular complexity index is 3050. The molecule has 90 heavy (non-hydrogen) atoms. The van der Waals surface area contributed by atoms with Gasteiger partial charge in [0.2, 0.25) is 53.2 Å². The molecule has 2 heterocycles. The lowest BCUT2D eigenvalue weighted by atomic mass is 10.0. The molecular weight excluding hydrogens is 1210 g/mol. The number of nitrogens with one attached hydrogen (secondary N) is 7. The molecule has 2 fully saturated rings. The zero-order valence-corrected chi connectivity index (χ0v) is 52.2. The lowest BCUT2D eigenvalue weighted by Gasteiger charge is -2.32. The van der Waals surface area contributed by atoms with E-state index in [1.54, 1.807) is 12.1 Å². The highest BCUT2D eigenvalue weighted by Gasteiger charge is 2.43. The molecule has 28 nitrogen and oxygen atoms in total. The fraction of sp³-hybridized carbons (Fsp3) is 0.500. The Kier molecular flexibility index (Phi) is 27.7. The molecule has 2 aliphatic rings. The van der Waals surface area contributed by atoms with Crippen LogP contribution in [0.1, 0.15) is 89.8 Å². The molecule has 3 aromatic carbocycles. The molecule has 0 spiro atoms. The third kappa shape index (κ3) is 22.2. The monoisotopic (exact) mass is 1290 g/mol. The topological polar surface area (TPSA) is 449 Å². The van der Waals surface area contributed by atoms with Gasteiger partial charge in [-0.25, -0.2) is 0 Å². The number of carboxylic acid groups (broad SMARTS) is 2. The molecule has 0 aliphatic carbocycles. The molecule has 2 saturated heterocycles. The van der Waals surface area contributed by atoms with E-state index < -0.39 is 150 Å². The van der Waals surface area contributed by atoms with Crippen molar-refractivity contribution in [3.05, 3.63) is 89.5 Å². The number of hydrogen-bond donors (Lipinski definition) is 14. The maximum Gasteiger partial charge on any atom is 0.305 e. The van der Waals surface area contributed by atoms with Crippen molar-refractivity contribution in [1.29, 1.82) is 0 Å². The SMILES string of the molecule is CC(=O)C(C)NC(=O)C(Cc1ccc(O)cc1)NC(=O)C(CC(=O)O)NC(=O)C1CCCN1C(=O)C(NC(=O)C(CC(=O)O)NC(=O)C(Cc1ccc(O)cc1)NC(=O)C1CCCN1C(=O)C(Cc1ccc(O)cc1)NC(=O)C(N)CSSC[C@@H](C)N)C(C)C. The van der Waals surface area contributed by atoms with E-state index in [0.717, 1.165) is 4.90 Å². The lowest BCUT2D eigenvalue weighted by molar-refractivity contribution is -0.145. The zero-order valence-electron chi connectivity index (χ0n) is 50.5. The third-order valence-corrected chi connectivity index (χ3v) is 17.5. The van der Waals surface area contributed by atoms with Gasteiger partial charge in [-0.3, -0.25) is 57.5 Å². The second-order valence-electron chi connectivity index (χ2n) is 22.7. The largest absolute Gasteiger partial charge is 0.508 e. The first kappa shape index (κ1) is 72.3. The highest BCUT2D eigenvalue weighted by molar-refractivity contribution is 8.76. The number of benzene rings is 3. The van der Waals surface area contributed by atoms with E-state index in [0.29, 0.717) is 28.9 Å². The second kappa shape index (κ2) is 34.5. The normalized spacial score (nSPS) is 17.6. The number of nitrogens with two attached hydrogens (primary N) is 2. The predicted molar refractivity (Wildman–Crippen MR) is 331 cm³/mol. The Balaban J connectivity index is 1.33. The number of nitrogens with zero attached hydrogens (tertiary/aromatic N) is 2. The zero-order chi connectivity index (χ0) is 66.5. The van der Waals surface area contributed by atoms with E-state index in [9.17, 15) is 83.1 Å². The van der Waals surface area contributed by atoms with E-state index in [1.165, 1.54) is 115 Å². The smallest absolute Gasteiger partial charge is 0.305 e. The minimum Gasteiger partial charge on any atom is -0.508 e. The van der Waals surface area contributed by atoms with Crippen LogP contribution < -0.4 is 48.7 Å². The molecule has 11 atom stereocenters. The fourth-order valence-corrected chi connectivity index (χ4v) is 12.2. The number of carbonyl (C=O) groups is 12. The average Bonchev–Trinajstić information content (AvgIpc) is 2.30. The first-order chi connectivity index (χ1) is 42.5. The number of Topliss-reactive ketones (excluding diaryl/α,β-unsaturated/α-hetero) is 1. The number of carboxylic acids is 2. The third-order valence-electron chi connectivity index (χ3n) is 14.9. The molecule has 2 aliphatic heterocycles. The van der Waals surface area contributed by atoms with Gasteiger partial charge < -0.3 is 84.0 Å². The van der Waals surface area contributed by atoms with Crippen LogP contribution in [-0.4, -0.2) is 197 Å². The summed E-state index contributed by atoms with van der Waals surface area (Å²) in [6.07, 6.45) is -1.92. The van der Waals surface area contributed by atoms with Crippen molar-refractivity contribution in [3.63, 3.8) is 0 Å². The Morgan fingerprint density at radius 3 is 1.30 bits per heavy atom. The number of likely N-dealkylation sites (tertiary alicyclic amines) is 2. The van der Waals surface area contributed by atoms with Gasteiger partial charge in [-0.2, -0.15) is 0 Å². The van der Waals surface area contributed by atoms with Crippen LogP contribution in [0.4, 0.5) is 0 Å². The van der Waals surface area contributed by atoms with Crippen molar-refractivity contribution in [2.75, 3.05) is 24.6 Å². The van der Waals surface area contributed by atoms with Crippen LogP contribution in [0, 0.1) is 5.92 Å². The summed E-state index contributed by atoms with van der Waals surface area (Å²) in [6.45, 7) is 7.55. The van der Waals surface area contributed by atoms with E-state index in [4.69, 9.17) is 11.5 Å². The summed E-state index contributed by atoms with van der Waals surface area (Å²) in [5.74, 6) is -11.8. The van der Waals surface area contributed by atoms with E-state index in [2.05, 4.69) is 37.2 Å². The van der Waals surface area contributed by atoms with Crippen molar-refractivity contribution in [2.45, 2.75) is 159 Å². The molecule has 16 N–H and O–H groups in total. The minimum absolute atomic E-state index is 0.00526. The van der Waals surface area contributed by atoms with Crippen LogP contribution in [0.15, 0.2) is 72.8 Å².